The molecule has 1 unspecified atom stereocenters. The predicted molar refractivity (Wildman–Crippen MR) is 54.6 cm³/mol. The van der Waals surface area contributed by atoms with Crippen LogP contribution in [-0.4, -0.2) is 31.3 Å². The number of imidazole rings is 1. The van der Waals surface area contributed by atoms with E-state index < -0.39 is 12.1 Å². The van der Waals surface area contributed by atoms with Gasteiger partial charge >= 0.3 is 5.97 Å². The number of benzene rings is 1. The zero-order chi connectivity index (χ0) is 11.7. The van der Waals surface area contributed by atoms with E-state index in [4.69, 9.17) is 10.2 Å². The zero-order valence-corrected chi connectivity index (χ0v) is 8.21. The van der Waals surface area contributed by atoms with Crippen molar-refractivity contribution < 1.29 is 20.1 Å². The van der Waals surface area contributed by atoms with E-state index >= 15 is 0 Å². The largest absolute Gasteiger partial charge is 0.479 e. The van der Waals surface area contributed by atoms with Gasteiger partial charge in [-0.05, 0) is 17.7 Å². The minimum Gasteiger partial charge on any atom is -0.479 e. The van der Waals surface area contributed by atoms with Gasteiger partial charge in [-0.2, -0.15) is 0 Å². The molecule has 0 radical (unpaired) electrons. The highest BCUT2D eigenvalue weighted by molar-refractivity contribution is 5.85. The first-order valence-corrected chi connectivity index (χ1v) is 4.61. The Morgan fingerprint density at radius 2 is 2.25 bits per heavy atom. The average Bonchev–Trinajstić information content (AvgIpc) is 2.74. The maximum Gasteiger partial charge on any atom is 0.337 e. The Morgan fingerprint density at radius 3 is 2.88 bits per heavy atom. The Hall–Kier alpha value is -1.92. The van der Waals surface area contributed by atoms with Crippen molar-refractivity contribution >= 4 is 17.0 Å². The Balaban J connectivity index is 2.65. The lowest BCUT2D eigenvalue weighted by Gasteiger charge is -2.08. The molecule has 1 atom stereocenters. The molecule has 0 saturated heterocycles. The first-order chi connectivity index (χ1) is 7.63. The summed E-state index contributed by atoms with van der Waals surface area (Å²) < 4.78 is 0. The highest BCUT2D eigenvalue weighted by atomic mass is 16.4. The number of aliphatic carboxylic acids is 1. The number of hydrogen-bond acceptors (Lipinski definition) is 4. The summed E-state index contributed by atoms with van der Waals surface area (Å²) in [6.07, 6.45) is -0.235. The van der Waals surface area contributed by atoms with Gasteiger partial charge < -0.3 is 20.3 Å². The van der Waals surface area contributed by atoms with E-state index in [1.807, 2.05) is 0 Å². The van der Waals surface area contributed by atoms with Gasteiger partial charge in [0.1, 0.15) is 0 Å². The Labute approximate surface area is 90.2 Å². The molecule has 2 rings (SSSR count). The second-order valence-electron chi connectivity index (χ2n) is 3.38. The number of aliphatic hydroxyl groups is 2. The van der Waals surface area contributed by atoms with Crippen molar-refractivity contribution in [2.75, 3.05) is 0 Å². The van der Waals surface area contributed by atoms with Crippen molar-refractivity contribution in [3.63, 3.8) is 0 Å². The number of carbonyl (C=O) groups is 1. The third-order valence-electron chi connectivity index (χ3n) is 2.32. The van der Waals surface area contributed by atoms with Crippen LogP contribution in [0.4, 0.5) is 0 Å². The number of aliphatic hydroxyl groups excluding tert-OH is 2. The smallest absolute Gasteiger partial charge is 0.337 e. The zero-order valence-electron chi connectivity index (χ0n) is 8.21. The molecule has 4 N–H and O–H groups in total. The Kier molecular flexibility index (Phi) is 2.59. The number of aromatic nitrogens is 2. The van der Waals surface area contributed by atoms with Gasteiger partial charge in [-0.3, -0.25) is 0 Å². The number of rotatable bonds is 3. The highest BCUT2D eigenvalue weighted by Gasteiger charge is 2.20. The van der Waals surface area contributed by atoms with Gasteiger partial charge in [0.15, 0.2) is 6.10 Å². The fourth-order valence-corrected chi connectivity index (χ4v) is 1.57. The monoisotopic (exact) mass is 222 g/mol. The first kappa shape index (κ1) is 10.6. The molecule has 6 nitrogen and oxygen atoms in total. The van der Waals surface area contributed by atoms with Gasteiger partial charge in [0, 0.05) is 5.56 Å². The normalized spacial score (nSPS) is 12.9. The molecule has 0 spiro atoms. The quantitative estimate of drug-likeness (QED) is 0.592. The van der Waals surface area contributed by atoms with E-state index in [2.05, 4.69) is 9.97 Å². The van der Waals surface area contributed by atoms with E-state index in [0.717, 1.165) is 0 Å². The molecule has 16 heavy (non-hydrogen) atoms. The Bertz CT molecular complexity index is 535. The summed E-state index contributed by atoms with van der Waals surface area (Å²) in [6, 6.07) is 3.09. The van der Waals surface area contributed by atoms with Gasteiger partial charge in [-0.25, -0.2) is 9.78 Å². The maximum atomic E-state index is 10.7. The van der Waals surface area contributed by atoms with Gasteiger partial charge in [-0.1, -0.05) is 0 Å². The van der Waals surface area contributed by atoms with Crippen LogP contribution in [-0.2, 0) is 11.4 Å². The van der Waals surface area contributed by atoms with E-state index in [0.29, 0.717) is 16.6 Å². The van der Waals surface area contributed by atoms with Crippen molar-refractivity contribution in [2.24, 2.45) is 0 Å². The van der Waals surface area contributed by atoms with E-state index in [-0.39, 0.29) is 12.2 Å². The molecular weight excluding hydrogens is 212 g/mol. The third-order valence-corrected chi connectivity index (χ3v) is 2.32. The van der Waals surface area contributed by atoms with Crippen molar-refractivity contribution in [3.05, 3.63) is 29.6 Å². The fourth-order valence-electron chi connectivity index (χ4n) is 1.57. The molecule has 0 aliphatic carbocycles. The topological polar surface area (TPSA) is 106 Å². The summed E-state index contributed by atoms with van der Waals surface area (Å²) in [6.45, 7) is -0.228. The SMILES string of the molecule is O=C(O)C(O)c1cc(CO)cc2[nH]cnc12. The first-order valence-electron chi connectivity index (χ1n) is 4.61. The molecule has 0 amide bonds. The minimum absolute atomic E-state index is 0.176. The third kappa shape index (κ3) is 1.64. The van der Waals surface area contributed by atoms with Crippen LogP contribution in [0, 0.1) is 0 Å². The van der Waals surface area contributed by atoms with E-state index in [1.165, 1.54) is 12.4 Å². The number of carboxylic acids is 1. The molecule has 84 valence electrons. The van der Waals surface area contributed by atoms with Crippen LogP contribution in [0.5, 0.6) is 0 Å². The standard InChI is InChI=1S/C10H10N2O4/c13-3-5-1-6(9(14)10(15)16)8-7(2-5)11-4-12-8/h1-2,4,9,13-14H,3H2,(H,11,12)(H,15,16). The fraction of sp³-hybridized carbons (Fsp3) is 0.200. The average molecular weight is 222 g/mol. The summed E-state index contributed by atoms with van der Waals surface area (Å²) in [4.78, 5) is 17.5. The van der Waals surface area contributed by atoms with Crippen LogP contribution < -0.4 is 0 Å². The van der Waals surface area contributed by atoms with Gasteiger partial charge in [0.25, 0.3) is 0 Å². The number of hydrogen-bond donors (Lipinski definition) is 4. The molecule has 0 aliphatic heterocycles. The summed E-state index contributed by atoms with van der Waals surface area (Å²) in [7, 11) is 0. The lowest BCUT2D eigenvalue weighted by atomic mass is 10.0. The molecule has 1 aromatic heterocycles. The summed E-state index contributed by atoms with van der Waals surface area (Å²) in [5, 5.41) is 27.3. The second kappa shape index (κ2) is 3.92. The second-order valence-corrected chi connectivity index (χ2v) is 3.38. The van der Waals surface area contributed by atoms with E-state index in [9.17, 15) is 9.90 Å². The maximum absolute atomic E-state index is 10.7. The minimum atomic E-state index is -1.64. The lowest BCUT2D eigenvalue weighted by molar-refractivity contribution is -0.146. The van der Waals surface area contributed by atoms with Crippen molar-refractivity contribution in [1.82, 2.24) is 9.97 Å². The lowest BCUT2D eigenvalue weighted by Crippen LogP contribution is -2.11. The number of carboxylic acid groups (broad SMARTS) is 1. The molecule has 0 saturated carbocycles. The number of nitrogens with one attached hydrogen (secondary N) is 1. The van der Waals surface area contributed by atoms with Crippen LogP contribution in [0.15, 0.2) is 18.5 Å². The van der Waals surface area contributed by atoms with E-state index in [1.54, 1.807) is 6.07 Å². The van der Waals surface area contributed by atoms with Crippen LogP contribution >= 0.6 is 0 Å². The molecule has 0 bridgehead atoms. The molecule has 6 heteroatoms. The molecule has 1 aromatic carbocycles. The van der Waals surface area contributed by atoms with Crippen LogP contribution in [0.3, 0.4) is 0 Å². The van der Waals surface area contributed by atoms with Crippen LogP contribution in [0.25, 0.3) is 11.0 Å². The van der Waals surface area contributed by atoms with Crippen molar-refractivity contribution in [2.45, 2.75) is 12.7 Å². The van der Waals surface area contributed by atoms with Crippen molar-refractivity contribution in [1.29, 1.82) is 0 Å². The number of fused-ring (bicyclic) bond motifs is 1. The van der Waals surface area contributed by atoms with Crippen molar-refractivity contribution in [3.8, 4) is 0 Å². The summed E-state index contributed by atoms with van der Waals surface area (Å²) >= 11 is 0. The molecule has 1 heterocycles. The molecular formula is C10H10N2O4. The van der Waals surface area contributed by atoms with Gasteiger partial charge in [0.05, 0.1) is 24.0 Å². The molecule has 2 aromatic rings. The highest BCUT2D eigenvalue weighted by Crippen LogP contribution is 2.24. The number of H-pyrrole nitrogens is 1. The van der Waals surface area contributed by atoms with Crippen LogP contribution in [0.2, 0.25) is 0 Å². The van der Waals surface area contributed by atoms with Gasteiger partial charge in [-0.15, -0.1) is 0 Å². The van der Waals surface area contributed by atoms with Gasteiger partial charge in [0.2, 0.25) is 0 Å². The predicted octanol–water partition coefficient (Wildman–Crippen LogP) is 0.173. The Morgan fingerprint density at radius 1 is 1.50 bits per heavy atom. The molecule has 0 aliphatic rings. The summed E-state index contributed by atoms with van der Waals surface area (Å²) in [5.41, 5.74) is 1.68. The number of nitrogens with zero attached hydrogens (tertiary/aromatic N) is 1. The molecule has 0 fully saturated rings. The number of aromatic amines is 1. The van der Waals surface area contributed by atoms with Crippen LogP contribution in [0.1, 0.15) is 17.2 Å². The summed E-state index contributed by atoms with van der Waals surface area (Å²) in [5.74, 6) is -1.35.